The molecule has 2 aromatic carbocycles. The molecule has 0 spiro atoms. The largest absolute Gasteiger partial charge is 0.496 e. The van der Waals surface area contributed by atoms with E-state index in [1.54, 1.807) is 6.07 Å². The number of nitrogens with two attached hydrogens (primary N) is 1. The van der Waals surface area contributed by atoms with Crippen LogP contribution in [0.4, 0.5) is 5.69 Å². The highest BCUT2D eigenvalue weighted by Crippen LogP contribution is 2.28. The Labute approximate surface area is 212 Å². The number of hydrogen-bond donors (Lipinski definition) is 3. The number of benzene rings is 2. The first-order valence-electron chi connectivity index (χ1n) is 11.9. The Kier molecular flexibility index (Phi) is 9.37. The van der Waals surface area contributed by atoms with Crippen molar-refractivity contribution in [1.29, 1.82) is 0 Å². The van der Waals surface area contributed by atoms with Gasteiger partial charge in [-0.05, 0) is 31.0 Å². The zero-order valence-electron chi connectivity index (χ0n) is 20.9. The lowest BCUT2D eigenvalue weighted by atomic mass is 10.0. The Bertz CT molecular complexity index is 1020. The summed E-state index contributed by atoms with van der Waals surface area (Å²) in [5.74, 6) is 0.401. The number of halogens is 1. The van der Waals surface area contributed by atoms with Crippen LogP contribution in [0.15, 0.2) is 36.4 Å². The van der Waals surface area contributed by atoms with Crippen molar-refractivity contribution in [2.45, 2.75) is 26.8 Å². The number of amides is 2. The van der Waals surface area contributed by atoms with Crippen LogP contribution in [-0.4, -0.2) is 74.2 Å². The first kappa shape index (κ1) is 26.8. The van der Waals surface area contributed by atoms with Crippen molar-refractivity contribution < 1.29 is 14.3 Å². The highest BCUT2D eigenvalue weighted by molar-refractivity contribution is 6.33. The fourth-order valence-electron chi connectivity index (χ4n) is 3.98. The number of nitrogen functional groups attached to an aromatic ring is 1. The maximum atomic E-state index is 12.7. The minimum absolute atomic E-state index is 0.0387. The summed E-state index contributed by atoms with van der Waals surface area (Å²) in [6, 6.07) is 10.8. The molecule has 1 saturated heterocycles. The van der Waals surface area contributed by atoms with Crippen molar-refractivity contribution in [3.05, 3.63) is 58.1 Å². The van der Waals surface area contributed by atoms with Gasteiger partial charge in [0.1, 0.15) is 5.75 Å². The second kappa shape index (κ2) is 12.2. The van der Waals surface area contributed by atoms with E-state index in [4.69, 9.17) is 22.1 Å². The molecular weight excluding hydrogens is 466 g/mol. The van der Waals surface area contributed by atoms with Gasteiger partial charge in [-0.15, -0.1) is 0 Å². The molecule has 2 aromatic rings. The lowest BCUT2D eigenvalue weighted by molar-refractivity contribution is 0.0818. The third-order valence-electron chi connectivity index (χ3n) is 6.38. The minimum Gasteiger partial charge on any atom is -0.496 e. The Hall–Kier alpha value is -2.81. The predicted octanol–water partition coefficient (Wildman–Crippen LogP) is 3.00. The third kappa shape index (κ3) is 7.34. The number of nitrogens with one attached hydrogen (secondary N) is 2. The van der Waals surface area contributed by atoms with Gasteiger partial charge in [-0.1, -0.05) is 43.1 Å². The van der Waals surface area contributed by atoms with E-state index in [1.165, 1.54) is 13.2 Å². The molecule has 0 bridgehead atoms. The molecule has 190 valence electrons. The van der Waals surface area contributed by atoms with Crippen LogP contribution in [0.5, 0.6) is 5.75 Å². The molecule has 1 aliphatic rings. The number of aryl methyl sites for hydroxylation is 1. The quantitative estimate of drug-likeness (QED) is 0.457. The molecule has 0 saturated carbocycles. The number of carbonyl (C=O) groups is 2. The number of piperazine rings is 1. The van der Waals surface area contributed by atoms with Gasteiger partial charge in [0.15, 0.2) is 0 Å². The highest BCUT2D eigenvalue weighted by atomic mass is 35.5. The van der Waals surface area contributed by atoms with Gasteiger partial charge in [-0.3, -0.25) is 19.4 Å². The Balaban J connectivity index is 1.48. The smallest absolute Gasteiger partial charge is 0.256 e. The standard InChI is InChI=1S/C26H36ClN5O3/c1-17(2)23(30-25(33)19-7-5-18(3)6-8-19)15-31-9-11-32(12-10-31)16-29-26(34)20-13-21(27)22(28)14-24(20)35-4/h5-8,13-14,17,23H,9-12,15-16,28H2,1-4H3,(H,29,34)(H,30,33). The van der Waals surface area contributed by atoms with Crippen LogP contribution in [0, 0.1) is 12.8 Å². The SMILES string of the molecule is COc1cc(N)c(Cl)cc1C(=O)NCN1CCN(CC(NC(=O)c2ccc(C)cc2)C(C)C)CC1. The van der Waals surface area contributed by atoms with E-state index in [-0.39, 0.29) is 17.9 Å². The van der Waals surface area contributed by atoms with Gasteiger partial charge in [-0.2, -0.15) is 0 Å². The van der Waals surface area contributed by atoms with Gasteiger partial charge >= 0.3 is 0 Å². The number of hydrogen-bond acceptors (Lipinski definition) is 6. The molecule has 8 nitrogen and oxygen atoms in total. The number of nitrogens with zero attached hydrogens (tertiary/aromatic N) is 2. The maximum Gasteiger partial charge on any atom is 0.256 e. The van der Waals surface area contributed by atoms with Gasteiger partial charge < -0.3 is 21.1 Å². The van der Waals surface area contributed by atoms with Gasteiger partial charge in [-0.25, -0.2) is 0 Å². The molecule has 1 aliphatic heterocycles. The van der Waals surface area contributed by atoms with Crippen LogP contribution >= 0.6 is 11.6 Å². The van der Waals surface area contributed by atoms with E-state index in [9.17, 15) is 9.59 Å². The normalized spacial score (nSPS) is 15.6. The minimum atomic E-state index is -0.259. The van der Waals surface area contributed by atoms with Crippen molar-refractivity contribution in [2.24, 2.45) is 5.92 Å². The third-order valence-corrected chi connectivity index (χ3v) is 6.71. The van der Waals surface area contributed by atoms with Crippen molar-refractivity contribution in [2.75, 3.05) is 52.2 Å². The highest BCUT2D eigenvalue weighted by Gasteiger charge is 2.24. The van der Waals surface area contributed by atoms with E-state index in [0.717, 1.165) is 38.3 Å². The van der Waals surface area contributed by atoms with Crippen molar-refractivity contribution in [3.63, 3.8) is 0 Å². The van der Waals surface area contributed by atoms with E-state index < -0.39 is 0 Å². The Morgan fingerprint density at radius 3 is 2.29 bits per heavy atom. The second-order valence-electron chi connectivity index (χ2n) is 9.35. The van der Waals surface area contributed by atoms with E-state index >= 15 is 0 Å². The summed E-state index contributed by atoms with van der Waals surface area (Å²) in [5.41, 5.74) is 8.34. The summed E-state index contributed by atoms with van der Waals surface area (Å²) in [6.07, 6.45) is 0. The summed E-state index contributed by atoms with van der Waals surface area (Å²) in [4.78, 5) is 30.0. The average molecular weight is 502 g/mol. The molecule has 35 heavy (non-hydrogen) atoms. The molecule has 2 amide bonds. The van der Waals surface area contributed by atoms with Gasteiger partial charge in [0, 0.05) is 50.4 Å². The molecule has 3 rings (SSSR count). The van der Waals surface area contributed by atoms with Gasteiger partial charge in [0.05, 0.1) is 30.1 Å². The van der Waals surface area contributed by atoms with Crippen LogP contribution < -0.4 is 21.1 Å². The lowest BCUT2D eigenvalue weighted by Crippen LogP contribution is -2.54. The first-order chi connectivity index (χ1) is 16.7. The van der Waals surface area contributed by atoms with E-state index in [1.807, 2.05) is 31.2 Å². The van der Waals surface area contributed by atoms with E-state index in [0.29, 0.717) is 40.2 Å². The fraction of sp³-hybridized carbons (Fsp3) is 0.462. The Morgan fingerprint density at radius 2 is 1.69 bits per heavy atom. The number of ether oxygens (including phenoxy) is 1. The molecule has 0 aromatic heterocycles. The predicted molar refractivity (Wildman–Crippen MR) is 140 cm³/mol. The number of carbonyl (C=O) groups excluding carboxylic acids is 2. The average Bonchev–Trinajstić information content (AvgIpc) is 2.84. The molecule has 1 unspecified atom stereocenters. The topological polar surface area (TPSA) is 99.9 Å². The number of methoxy groups -OCH3 is 1. The van der Waals surface area contributed by atoms with Crippen LogP contribution in [0.3, 0.4) is 0 Å². The van der Waals surface area contributed by atoms with E-state index in [2.05, 4.69) is 34.3 Å². The Morgan fingerprint density at radius 1 is 1.06 bits per heavy atom. The van der Waals surface area contributed by atoms with Crippen LogP contribution in [0.25, 0.3) is 0 Å². The van der Waals surface area contributed by atoms with Crippen molar-refractivity contribution in [1.82, 2.24) is 20.4 Å². The summed E-state index contributed by atoms with van der Waals surface area (Å²) in [6.45, 7) is 10.8. The second-order valence-corrected chi connectivity index (χ2v) is 9.75. The fourth-order valence-corrected chi connectivity index (χ4v) is 4.15. The van der Waals surface area contributed by atoms with Crippen LogP contribution in [0.2, 0.25) is 5.02 Å². The maximum absolute atomic E-state index is 12.7. The van der Waals surface area contributed by atoms with Crippen molar-refractivity contribution in [3.8, 4) is 5.75 Å². The molecule has 1 fully saturated rings. The summed E-state index contributed by atoms with van der Waals surface area (Å²) < 4.78 is 5.28. The zero-order chi connectivity index (χ0) is 25.5. The molecule has 0 aliphatic carbocycles. The van der Waals surface area contributed by atoms with Crippen molar-refractivity contribution >= 4 is 29.1 Å². The van der Waals surface area contributed by atoms with Crippen LogP contribution in [-0.2, 0) is 0 Å². The lowest BCUT2D eigenvalue weighted by Gasteiger charge is -2.37. The molecule has 9 heteroatoms. The molecule has 0 radical (unpaired) electrons. The van der Waals surface area contributed by atoms with Crippen LogP contribution in [0.1, 0.15) is 40.1 Å². The summed E-state index contributed by atoms with van der Waals surface area (Å²) >= 11 is 6.09. The number of rotatable bonds is 9. The zero-order valence-corrected chi connectivity index (χ0v) is 21.7. The molecular formula is C26H36ClN5O3. The first-order valence-corrected chi connectivity index (χ1v) is 12.3. The summed E-state index contributed by atoms with van der Waals surface area (Å²) in [7, 11) is 1.49. The summed E-state index contributed by atoms with van der Waals surface area (Å²) in [5, 5.41) is 6.47. The van der Waals surface area contributed by atoms with Gasteiger partial charge in [0.2, 0.25) is 0 Å². The molecule has 1 heterocycles. The van der Waals surface area contributed by atoms with Gasteiger partial charge in [0.25, 0.3) is 11.8 Å². The number of anilines is 1. The molecule has 1 atom stereocenters. The molecule has 4 N–H and O–H groups in total. The monoisotopic (exact) mass is 501 g/mol.